The first-order valence-corrected chi connectivity index (χ1v) is 11.7. The molecule has 2 amide bonds. The number of hydrogen-bond acceptors (Lipinski definition) is 3. The third kappa shape index (κ3) is 6.14. The van der Waals surface area contributed by atoms with Crippen molar-refractivity contribution < 1.29 is 19.4 Å². The number of rotatable bonds is 8. The summed E-state index contributed by atoms with van der Waals surface area (Å²) in [5.41, 5.74) is 3.20. The van der Waals surface area contributed by atoms with E-state index >= 15 is 0 Å². The molecule has 1 aliphatic heterocycles. The van der Waals surface area contributed by atoms with Crippen LogP contribution in [-0.2, 0) is 16.0 Å². The Hall–Kier alpha value is -2.22. The number of nitrogens with one attached hydrogen (secondary N) is 4. The van der Waals surface area contributed by atoms with Crippen LogP contribution >= 0.6 is 11.3 Å². The average Bonchev–Trinajstić information content (AvgIpc) is 3.25. The summed E-state index contributed by atoms with van der Waals surface area (Å²) in [6, 6.07) is 10.1. The maximum absolute atomic E-state index is 12.5. The van der Waals surface area contributed by atoms with Crippen LogP contribution in [0.2, 0.25) is 0 Å². The smallest absolute Gasteiger partial charge is 0.279 e. The van der Waals surface area contributed by atoms with Crippen molar-refractivity contribution in [3.63, 3.8) is 0 Å². The van der Waals surface area contributed by atoms with Crippen LogP contribution in [0.3, 0.4) is 0 Å². The highest BCUT2D eigenvalue weighted by Crippen LogP contribution is 2.17. The maximum Gasteiger partial charge on any atom is 0.279 e. The van der Waals surface area contributed by atoms with Crippen LogP contribution < -0.4 is 20.4 Å². The minimum absolute atomic E-state index is 0.0568. The lowest BCUT2D eigenvalue weighted by Crippen LogP contribution is -3.30. The van der Waals surface area contributed by atoms with Crippen LogP contribution in [-0.4, -0.2) is 57.1 Å². The lowest BCUT2D eigenvalue weighted by Gasteiger charge is -2.32. The Morgan fingerprint density at radius 1 is 1.10 bits per heavy atom. The highest BCUT2D eigenvalue weighted by Gasteiger charge is 2.31. The summed E-state index contributed by atoms with van der Waals surface area (Å²) in [5, 5.41) is 8.19. The summed E-state index contributed by atoms with van der Waals surface area (Å²) in [6.45, 7) is 10.9. The number of quaternary nitrogens is 2. The highest BCUT2D eigenvalue weighted by atomic mass is 32.1. The van der Waals surface area contributed by atoms with Crippen molar-refractivity contribution in [2.75, 3.05) is 44.6 Å². The number of thiophene rings is 1. The fourth-order valence-corrected chi connectivity index (χ4v) is 4.65. The second-order valence-corrected chi connectivity index (χ2v) is 9.25. The zero-order chi connectivity index (χ0) is 21.5. The van der Waals surface area contributed by atoms with Gasteiger partial charge in [-0.25, -0.2) is 0 Å². The zero-order valence-corrected chi connectivity index (χ0v) is 19.0. The number of carbonyl (C=O) groups is 2. The molecule has 1 aliphatic rings. The lowest BCUT2D eigenvalue weighted by molar-refractivity contribution is -1.01. The second-order valence-electron chi connectivity index (χ2n) is 8.22. The molecule has 162 valence electrons. The molecule has 4 N–H and O–H groups in total. The van der Waals surface area contributed by atoms with Crippen molar-refractivity contribution in [3.8, 4) is 0 Å². The van der Waals surface area contributed by atoms with Crippen molar-refractivity contribution in [3.05, 3.63) is 51.7 Å². The van der Waals surface area contributed by atoms with Crippen LogP contribution in [0.15, 0.2) is 35.7 Å². The second kappa shape index (κ2) is 10.7. The van der Waals surface area contributed by atoms with Gasteiger partial charge in [0.15, 0.2) is 12.6 Å². The molecule has 3 rings (SSSR count). The quantitative estimate of drug-likeness (QED) is 0.470. The van der Waals surface area contributed by atoms with Crippen molar-refractivity contribution in [2.24, 2.45) is 0 Å². The molecule has 2 heterocycles. The van der Waals surface area contributed by atoms with E-state index in [9.17, 15) is 9.59 Å². The molecule has 1 aromatic carbocycles. The summed E-state index contributed by atoms with van der Waals surface area (Å²) in [6.07, 6.45) is 0.888. The van der Waals surface area contributed by atoms with Gasteiger partial charge in [0.1, 0.15) is 26.2 Å². The van der Waals surface area contributed by atoms with Gasteiger partial charge in [0, 0.05) is 17.1 Å². The molecule has 0 bridgehead atoms. The Bertz CT molecular complexity index is 845. The molecule has 7 heteroatoms. The van der Waals surface area contributed by atoms with Gasteiger partial charge in [-0.05, 0) is 55.8 Å². The van der Waals surface area contributed by atoms with Crippen LogP contribution in [0.25, 0.3) is 0 Å². The van der Waals surface area contributed by atoms with Gasteiger partial charge in [-0.1, -0.05) is 18.2 Å². The number of benzene rings is 1. The van der Waals surface area contributed by atoms with E-state index in [1.165, 1.54) is 20.2 Å². The van der Waals surface area contributed by atoms with E-state index in [0.29, 0.717) is 13.1 Å². The van der Waals surface area contributed by atoms with Crippen molar-refractivity contribution >= 4 is 28.8 Å². The Morgan fingerprint density at radius 2 is 1.87 bits per heavy atom. The van der Waals surface area contributed by atoms with Crippen LogP contribution in [0.1, 0.15) is 22.9 Å². The molecule has 1 atom stereocenters. The summed E-state index contributed by atoms with van der Waals surface area (Å²) < 4.78 is 0. The number of amides is 2. The van der Waals surface area contributed by atoms with Gasteiger partial charge >= 0.3 is 0 Å². The van der Waals surface area contributed by atoms with Crippen molar-refractivity contribution in [2.45, 2.75) is 33.2 Å². The molecule has 0 radical (unpaired) electrons. The van der Waals surface area contributed by atoms with Gasteiger partial charge in [-0.3, -0.25) is 9.59 Å². The van der Waals surface area contributed by atoms with Gasteiger partial charge in [0.05, 0.1) is 0 Å². The summed E-state index contributed by atoms with van der Waals surface area (Å²) in [7, 11) is 0. The summed E-state index contributed by atoms with van der Waals surface area (Å²) in [4.78, 5) is 28.9. The average molecular weight is 431 g/mol. The predicted molar refractivity (Wildman–Crippen MR) is 121 cm³/mol. The first-order chi connectivity index (χ1) is 14.4. The normalized spacial score (nSPS) is 19.8. The van der Waals surface area contributed by atoms with E-state index in [1.807, 2.05) is 32.0 Å². The Balaban J connectivity index is 1.38. The van der Waals surface area contributed by atoms with E-state index in [0.717, 1.165) is 43.9 Å². The standard InChI is InChI=1S/C23H32N4O2S/c1-17-6-4-8-21(18(17)2)25-22(28)16-26-11-13-27(14-12-26)19(3)23(29)24-10-9-20-7-5-15-30-20/h4-8,15,19H,9-14,16H2,1-3H3,(H,24,29)(H,25,28)/p+2/t19-/m1/s1. The molecular weight excluding hydrogens is 396 g/mol. The van der Waals surface area contributed by atoms with Gasteiger partial charge < -0.3 is 20.4 Å². The molecule has 1 aromatic heterocycles. The van der Waals surface area contributed by atoms with Gasteiger partial charge in [0.25, 0.3) is 11.8 Å². The molecule has 1 saturated heterocycles. The molecule has 6 nitrogen and oxygen atoms in total. The third-order valence-electron chi connectivity index (χ3n) is 6.14. The molecule has 0 saturated carbocycles. The topological polar surface area (TPSA) is 67.1 Å². The molecule has 0 unspecified atom stereocenters. The van der Waals surface area contributed by atoms with E-state index in [4.69, 9.17) is 0 Å². The van der Waals surface area contributed by atoms with Gasteiger partial charge in [0.2, 0.25) is 0 Å². The van der Waals surface area contributed by atoms with Gasteiger partial charge in [-0.2, -0.15) is 0 Å². The Labute approximate surface area is 183 Å². The number of piperazine rings is 1. The van der Waals surface area contributed by atoms with Gasteiger partial charge in [-0.15, -0.1) is 11.3 Å². The van der Waals surface area contributed by atoms with Crippen LogP contribution in [0.5, 0.6) is 0 Å². The predicted octanol–water partition coefficient (Wildman–Crippen LogP) is -0.166. The molecule has 0 spiro atoms. The summed E-state index contributed by atoms with van der Waals surface area (Å²) in [5.74, 6) is 0.180. The number of hydrogen-bond donors (Lipinski definition) is 4. The molecule has 2 aromatic rings. The molecular formula is C23H34N4O2S+2. The zero-order valence-electron chi connectivity index (χ0n) is 18.2. The van der Waals surface area contributed by atoms with Crippen LogP contribution in [0, 0.1) is 13.8 Å². The van der Waals surface area contributed by atoms with E-state index in [-0.39, 0.29) is 17.9 Å². The SMILES string of the molecule is Cc1cccc(NC(=O)C[NH+]2CC[NH+]([C@H](C)C(=O)NCCc3cccs3)CC2)c1C. The Morgan fingerprint density at radius 3 is 2.57 bits per heavy atom. The fraction of sp³-hybridized carbons (Fsp3) is 0.478. The molecule has 30 heavy (non-hydrogen) atoms. The first-order valence-electron chi connectivity index (χ1n) is 10.8. The van der Waals surface area contributed by atoms with Crippen molar-refractivity contribution in [1.29, 1.82) is 0 Å². The maximum atomic E-state index is 12.5. The fourth-order valence-electron chi connectivity index (χ4n) is 3.94. The van der Waals surface area contributed by atoms with E-state index in [2.05, 4.69) is 35.1 Å². The van der Waals surface area contributed by atoms with Crippen LogP contribution in [0.4, 0.5) is 5.69 Å². The minimum atomic E-state index is -0.0568. The first kappa shape index (κ1) is 22.5. The minimum Gasteiger partial charge on any atom is -0.351 e. The number of carbonyl (C=O) groups excluding carboxylic acids is 2. The highest BCUT2D eigenvalue weighted by molar-refractivity contribution is 7.09. The lowest BCUT2D eigenvalue weighted by atomic mass is 10.1. The number of aryl methyl sites for hydroxylation is 1. The molecule has 0 aliphatic carbocycles. The third-order valence-corrected chi connectivity index (χ3v) is 7.08. The largest absolute Gasteiger partial charge is 0.351 e. The Kier molecular flexibility index (Phi) is 8.01. The monoisotopic (exact) mass is 430 g/mol. The van der Waals surface area contributed by atoms with E-state index < -0.39 is 0 Å². The summed E-state index contributed by atoms with van der Waals surface area (Å²) >= 11 is 1.73. The van der Waals surface area contributed by atoms with Crippen molar-refractivity contribution in [1.82, 2.24) is 5.32 Å². The molecule has 1 fully saturated rings. The van der Waals surface area contributed by atoms with E-state index in [1.54, 1.807) is 11.3 Å². The number of anilines is 1.